The first-order chi connectivity index (χ1) is 13.2. The number of hydrazone groups is 1. The van der Waals surface area contributed by atoms with Crippen molar-refractivity contribution in [2.75, 3.05) is 0 Å². The lowest BCUT2D eigenvalue weighted by Gasteiger charge is -2.38. The molecule has 0 aliphatic carbocycles. The number of ether oxygens (including phenoxy) is 1. The largest absolute Gasteiger partial charge is 0.464 e. The molecule has 27 heavy (non-hydrogen) atoms. The highest BCUT2D eigenvalue weighted by atomic mass is 16.5. The summed E-state index contributed by atoms with van der Waals surface area (Å²) >= 11 is 0. The third-order valence-electron chi connectivity index (χ3n) is 5.41. The molecule has 2 aliphatic heterocycles. The van der Waals surface area contributed by atoms with Gasteiger partial charge in [-0.3, -0.25) is 0 Å². The molecule has 0 fully saturated rings. The van der Waals surface area contributed by atoms with E-state index in [0.29, 0.717) is 0 Å². The molecule has 0 N–H and O–H groups in total. The van der Waals surface area contributed by atoms with Gasteiger partial charge in [0.2, 0.25) is 6.23 Å². The van der Waals surface area contributed by atoms with E-state index in [1.54, 1.807) is 0 Å². The number of hydrogen-bond acceptors (Lipinski definition) is 3. The Morgan fingerprint density at radius 3 is 2.52 bits per heavy atom. The Balaban J connectivity index is 1.60. The van der Waals surface area contributed by atoms with Crippen LogP contribution in [0.3, 0.4) is 0 Å². The maximum atomic E-state index is 6.41. The van der Waals surface area contributed by atoms with Crippen molar-refractivity contribution < 1.29 is 4.74 Å². The van der Waals surface area contributed by atoms with Crippen LogP contribution in [0.15, 0.2) is 77.9 Å². The van der Waals surface area contributed by atoms with E-state index in [4.69, 9.17) is 9.84 Å². The second kappa shape index (κ2) is 6.27. The summed E-state index contributed by atoms with van der Waals surface area (Å²) in [5, 5.41) is 7.17. The molecule has 0 saturated carbocycles. The van der Waals surface area contributed by atoms with Crippen molar-refractivity contribution in [2.24, 2.45) is 5.10 Å². The zero-order valence-corrected chi connectivity index (χ0v) is 15.6. The summed E-state index contributed by atoms with van der Waals surface area (Å²) in [6.07, 6.45) is 0.693. The van der Waals surface area contributed by atoms with Crippen molar-refractivity contribution in [3.63, 3.8) is 0 Å². The number of rotatable bonds is 2. The molecule has 0 radical (unpaired) electrons. The zero-order chi connectivity index (χ0) is 18.4. The van der Waals surface area contributed by atoms with E-state index >= 15 is 0 Å². The lowest BCUT2D eigenvalue weighted by Crippen LogP contribution is -2.33. The molecule has 0 spiro atoms. The van der Waals surface area contributed by atoms with Crippen molar-refractivity contribution in [1.82, 2.24) is 5.01 Å². The predicted molar refractivity (Wildman–Crippen MR) is 108 cm³/mol. The van der Waals surface area contributed by atoms with Gasteiger partial charge in [0.1, 0.15) is 5.75 Å². The van der Waals surface area contributed by atoms with Gasteiger partial charge in [-0.2, -0.15) is 5.10 Å². The second-order valence-electron chi connectivity index (χ2n) is 7.43. The van der Waals surface area contributed by atoms with Crippen LogP contribution in [-0.4, -0.2) is 10.7 Å². The lowest BCUT2D eigenvalue weighted by molar-refractivity contribution is -0.0190. The van der Waals surface area contributed by atoms with Gasteiger partial charge in [-0.1, -0.05) is 77.9 Å². The maximum Gasteiger partial charge on any atom is 0.213 e. The molecule has 3 aromatic rings. The van der Waals surface area contributed by atoms with E-state index in [0.717, 1.165) is 23.4 Å². The Morgan fingerprint density at radius 1 is 0.889 bits per heavy atom. The van der Waals surface area contributed by atoms with E-state index < -0.39 is 0 Å². The number of benzene rings is 3. The van der Waals surface area contributed by atoms with Gasteiger partial charge in [-0.25, -0.2) is 5.01 Å². The van der Waals surface area contributed by atoms with E-state index in [-0.39, 0.29) is 12.3 Å². The van der Waals surface area contributed by atoms with Crippen molar-refractivity contribution in [2.45, 2.75) is 32.5 Å². The zero-order valence-electron chi connectivity index (χ0n) is 15.6. The Morgan fingerprint density at radius 2 is 1.70 bits per heavy atom. The normalized spacial score (nSPS) is 20.5. The van der Waals surface area contributed by atoms with Crippen molar-refractivity contribution in [3.05, 3.63) is 101 Å². The Hall–Kier alpha value is -3.07. The summed E-state index contributed by atoms with van der Waals surface area (Å²) in [5.41, 5.74) is 7.17. The van der Waals surface area contributed by atoms with Crippen LogP contribution in [0.5, 0.6) is 5.75 Å². The smallest absolute Gasteiger partial charge is 0.213 e. The molecule has 3 heteroatoms. The van der Waals surface area contributed by atoms with Gasteiger partial charge in [0, 0.05) is 17.5 Å². The molecular formula is C24H22N2O. The van der Waals surface area contributed by atoms with Gasteiger partial charge in [0.05, 0.1) is 11.8 Å². The van der Waals surface area contributed by atoms with Crippen LogP contribution in [0.1, 0.15) is 46.5 Å². The quantitative estimate of drug-likeness (QED) is 0.603. The molecule has 3 aromatic carbocycles. The van der Waals surface area contributed by atoms with Gasteiger partial charge >= 0.3 is 0 Å². The standard InChI is InChI=1S/C24H22N2O/c1-16-10-12-18(13-11-16)21-15-22-20-8-3-4-9-23(20)27-24(26(22)25-21)19-7-5-6-17(2)14-19/h3-14,22,24H,15H2,1-2H3. The molecule has 0 saturated heterocycles. The molecule has 2 aliphatic rings. The fraction of sp³-hybridized carbons (Fsp3) is 0.208. The number of aryl methyl sites for hydroxylation is 2. The Bertz CT molecular complexity index is 1020. The Labute approximate surface area is 159 Å². The topological polar surface area (TPSA) is 24.8 Å². The number of fused-ring (bicyclic) bond motifs is 3. The fourth-order valence-electron chi connectivity index (χ4n) is 4.00. The number of para-hydroxylation sites is 1. The van der Waals surface area contributed by atoms with Gasteiger partial charge in [-0.15, -0.1) is 0 Å². The molecule has 3 nitrogen and oxygen atoms in total. The third-order valence-corrected chi connectivity index (χ3v) is 5.41. The highest BCUT2D eigenvalue weighted by Gasteiger charge is 2.40. The minimum absolute atomic E-state index is 0.201. The van der Waals surface area contributed by atoms with Crippen LogP contribution in [0.25, 0.3) is 0 Å². The van der Waals surface area contributed by atoms with Crippen molar-refractivity contribution in [1.29, 1.82) is 0 Å². The Kier molecular flexibility index (Phi) is 3.75. The minimum Gasteiger partial charge on any atom is -0.464 e. The highest BCUT2D eigenvalue weighted by Crippen LogP contribution is 2.47. The summed E-state index contributed by atoms with van der Waals surface area (Å²) in [6.45, 7) is 4.23. The highest BCUT2D eigenvalue weighted by molar-refractivity contribution is 6.02. The summed E-state index contributed by atoms with van der Waals surface area (Å²) in [7, 11) is 0. The maximum absolute atomic E-state index is 6.41. The van der Waals surface area contributed by atoms with E-state index in [9.17, 15) is 0 Å². The van der Waals surface area contributed by atoms with Gasteiger partial charge in [0.15, 0.2) is 0 Å². The van der Waals surface area contributed by atoms with E-state index in [2.05, 4.69) is 85.6 Å². The first kappa shape index (κ1) is 16.1. The summed E-state index contributed by atoms with van der Waals surface area (Å²) < 4.78 is 6.41. The number of hydrogen-bond donors (Lipinski definition) is 0. The summed E-state index contributed by atoms with van der Waals surface area (Å²) in [6, 6.07) is 25.7. The van der Waals surface area contributed by atoms with Crippen LogP contribution in [0, 0.1) is 13.8 Å². The second-order valence-corrected chi connectivity index (χ2v) is 7.43. The molecule has 0 bridgehead atoms. The van der Waals surface area contributed by atoms with Gasteiger partial charge in [-0.05, 0) is 25.5 Å². The average Bonchev–Trinajstić information content (AvgIpc) is 3.13. The van der Waals surface area contributed by atoms with Crippen LogP contribution < -0.4 is 4.74 Å². The van der Waals surface area contributed by atoms with E-state index in [1.165, 1.54) is 22.3 Å². The molecule has 134 valence electrons. The van der Waals surface area contributed by atoms with Crippen LogP contribution in [0.4, 0.5) is 0 Å². The summed E-state index contributed by atoms with van der Waals surface area (Å²) in [5.74, 6) is 0.964. The van der Waals surface area contributed by atoms with E-state index in [1.807, 2.05) is 6.07 Å². The predicted octanol–water partition coefficient (Wildman–Crippen LogP) is 5.55. The first-order valence-electron chi connectivity index (χ1n) is 9.44. The monoisotopic (exact) mass is 354 g/mol. The molecule has 2 atom stereocenters. The molecule has 2 unspecified atom stereocenters. The van der Waals surface area contributed by atoms with Crippen LogP contribution >= 0.6 is 0 Å². The summed E-state index contributed by atoms with van der Waals surface area (Å²) in [4.78, 5) is 0. The SMILES string of the molecule is Cc1ccc(C2=NN3C(C2)c2ccccc2OC3c2cccc(C)c2)cc1. The van der Waals surface area contributed by atoms with Gasteiger partial charge < -0.3 is 4.74 Å². The molecule has 0 amide bonds. The first-order valence-corrected chi connectivity index (χ1v) is 9.44. The average molecular weight is 354 g/mol. The molecule has 0 aromatic heterocycles. The minimum atomic E-state index is -0.201. The number of nitrogens with zero attached hydrogens (tertiary/aromatic N) is 2. The molecule has 5 rings (SSSR count). The fourth-order valence-corrected chi connectivity index (χ4v) is 4.00. The third kappa shape index (κ3) is 2.80. The lowest BCUT2D eigenvalue weighted by atomic mass is 9.95. The van der Waals surface area contributed by atoms with Gasteiger partial charge in [0.25, 0.3) is 0 Å². The molecular weight excluding hydrogens is 332 g/mol. The van der Waals surface area contributed by atoms with Crippen molar-refractivity contribution >= 4 is 5.71 Å². The van der Waals surface area contributed by atoms with Crippen LogP contribution in [0.2, 0.25) is 0 Å². The molecule has 2 heterocycles. The van der Waals surface area contributed by atoms with Crippen molar-refractivity contribution in [3.8, 4) is 5.75 Å². The van der Waals surface area contributed by atoms with Crippen LogP contribution in [-0.2, 0) is 0 Å².